The SMILES string of the molecule is COc1cccc(-c2noc(C3=C(C)N(CCC(C)C)C(=O)NC3c3ccc(F)cc3)n2)c1. The molecule has 0 bridgehead atoms. The molecule has 1 atom stereocenters. The van der Waals surface area contributed by atoms with Crippen LogP contribution in [0.1, 0.15) is 44.7 Å². The van der Waals surface area contributed by atoms with Crippen molar-refractivity contribution in [3.8, 4) is 17.1 Å². The summed E-state index contributed by atoms with van der Waals surface area (Å²) < 4.78 is 24.5. The first-order chi connectivity index (χ1) is 15.9. The molecule has 0 radical (unpaired) electrons. The second-order valence-electron chi connectivity index (χ2n) is 8.42. The first-order valence-corrected chi connectivity index (χ1v) is 10.9. The minimum Gasteiger partial charge on any atom is -0.497 e. The summed E-state index contributed by atoms with van der Waals surface area (Å²) in [6.45, 7) is 6.66. The number of hydrogen-bond acceptors (Lipinski definition) is 5. The van der Waals surface area contributed by atoms with Gasteiger partial charge in [0.1, 0.15) is 11.6 Å². The standard InChI is InChI=1S/C25H27FN4O3/c1-15(2)12-13-30-16(3)21(22(27-25(30)31)17-8-10-19(26)11-9-17)24-28-23(29-33-24)18-6-5-7-20(14-18)32-4/h5-11,14-15,22H,12-13H2,1-4H3,(H,27,31). The predicted molar refractivity (Wildman–Crippen MR) is 123 cm³/mol. The lowest BCUT2D eigenvalue weighted by atomic mass is 9.94. The Labute approximate surface area is 192 Å². The van der Waals surface area contributed by atoms with Gasteiger partial charge in [-0.2, -0.15) is 4.98 Å². The highest BCUT2D eigenvalue weighted by atomic mass is 19.1. The van der Waals surface area contributed by atoms with Gasteiger partial charge in [-0.3, -0.25) is 4.90 Å². The maximum Gasteiger partial charge on any atom is 0.322 e. The molecule has 2 amide bonds. The van der Waals surface area contributed by atoms with E-state index in [0.29, 0.717) is 35.5 Å². The molecule has 0 saturated carbocycles. The summed E-state index contributed by atoms with van der Waals surface area (Å²) in [5.74, 6) is 1.48. The molecule has 0 fully saturated rings. The van der Waals surface area contributed by atoms with Gasteiger partial charge in [0.05, 0.1) is 18.7 Å². The Balaban J connectivity index is 1.78. The molecule has 0 saturated heterocycles. The second kappa shape index (κ2) is 9.44. The van der Waals surface area contributed by atoms with Crippen LogP contribution in [-0.2, 0) is 0 Å². The van der Waals surface area contributed by atoms with Crippen LogP contribution >= 0.6 is 0 Å². The van der Waals surface area contributed by atoms with Crippen LogP contribution in [0.15, 0.2) is 58.8 Å². The highest BCUT2D eigenvalue weighted by Crippen LogP contribution is 2.37. The number of aromatic nitrogens is 2. The number of rotatable bonds is 7. The van der Waals surface area contributed by atoms with Crippen LogP contribution in [0.4, 0.5) is 9.18 Å². The van der Waals surface area contributed by atoms with E-state index < -0.39 is 6.04 Å². The molecule has 1 unspecified atom stereocenters. The molecule has 1 aliphatic rings. The number of amides is 2. The van der Waals surface area contributed by atoms with Crippen molar-refractivity contribution >= 4 is 11.6 Å². The zero-order chi connectivity index (χ0) is 23.5. The normalized spacial score (nSPS) is 16.4. The highest BCUT2D eigenvalue weighted by Gasteiger charge is 2.35. The fourth-order valence-corrected chi connectivity index (χ4v) is 3.83. The third kappa shape index (κ3) is 4.74. The van der Waals surface area contributed by atoms with Crippen molar-refractivity contribution in [1.29, 1.82) is 0 Å². The van der Waals surface area contributed by atoms with E-state index in [2.05, 4.69) is 29.3 Å². The van der Waals surface area contributed by atoms with Crippen molar-refractivity contribution in [2.75, 3.05) is 13.7 Å². The van der Waals surface area contributed by atoms with Gasteiger partial charge in [-0.05, 0) is 49.1 Å². The van der Waals surface area contributed by atoms with E-state index in [1.54, 1.807) is 24.1 Å². The molecule has 172 valence electrons. The van der Waals surface area contributed by atoms with Crippen molar-refractivity contribution in [2.24, 2.45) is 5.92 Å². The van der Waals surface area contributed by atoms with Gasteiger partial charge in [0.15, 0.2) is 0 Å². The molecule has 4 rings (SSSR count). The summed E-state index contributed by atoms with van der Waals surface area (Å²) in [7, 11) is 1.60. The maximum atomic E-state index is 13.6. The topological polar surface area (TPSA) is 80.5 Å². The Bertz CT molecular complexity index is 1170. The van der Waals surface area contributed by atoms with Crippen LogP contribution in [0.2, 0.25) is 0 Å². The first-order valence-electron chi connectivity index (χ1n) is 10.9. The molecule has 2 aromatic carbocycles. The van der Waals surface area contributed by atoms with Crippen molar-refractivity contribution in [3.63, 3.8) is 0 Å². The smallest absolute Gasteiger partial charge is 0.322 e. The zero-order valence-electron chi connectivity index (χ0n) is 19.1. The van der Waals surface area contributed by atoms with Gasteiger partial charge in [0.25, 0.3) is 5.89 Å². The molecule has 0 spiro atoms. The van der Waals surface area contributed by atoms with Gasteiger partial charge in [-0.1, -0.05) is 43.3 Å². The number of nitrogens with zero attached hydrogens (tertiary/aromatic N) is 3. The number of carbonyl (C=O) groups is 1. The summed E-state index contributed by atoms with van der Waals surface area (Å²) in [4.78, 5) is 19.3. The molecule has 1 N–H and O–H groups in total. The summed E-state index contributed by atoms with van der Waals surface area (Å²) in [5.41, 5.74) is 2.89. The number of ether oxygens (including phenoxy) is 1. The van der Waals surface area contributed by atoms with E-state index in [4.69, 9.17) is 9.26 Å². The number of urea groups is 1. The van der Waals surface area contributed by atoms with Gasteiger partial charge < -0.3 is 14.6 Å². The van der Waals surface area contributed by atoms with Gasteiger partial charge in [-0.15, -0.1) is 0 Å². The summed E-state index contributed by atoms with van der Waals surface area (Å²) in [5, 5.41) is 7.20. The van der Waals surface area contributed by atoms with E-state index in [1.807, 2.05) is 31.2 Å². The summed E-state index contributed by atoms with van der Waals surface area (Å²) in [6, 6.07) is 12.7. The van der Waals surface area contributed by atoms with Gasteiger partial charge in [0.2, 0.25) is 5.82 Å². The van der Waals surface area contributed by atoms with Crippen LogP contribution < -0.4 is 10.1 Å². The lowest BCUT2D eigenvalue weighted by Gasteiger charge is -2.35. The number of halogens is 1. The van der Waals surface area contributed by atoms with Crippen LogP contribution in [0.25, 0.3) is 17.0 Å². The summed E-state index contributed by atoms with van der Waals surface area (Å²) in [6.07, 6.45) is 0.845. The predicted octanol–water partition coefficient (Wildman–Crippen LogP) is 5.43. The van der Waals surface area contributed by atoms with Crippen molar-refractivity contribution < 1.29 is 18.4 Å². The van der Waals surface area contributed by atoms with Crippen molar-refractivity contribution in [1.82, 2.24) is 20.4 Å². The number of allylic oxidation sites excluding steroid dienone is 1. The number of methoxy groups -OCH3 is 1. The largest absolute Gasteiger partial charge is 0.497 e. The summed E-state index contributed by atoms with van der Waals surface area (Å²) >= 11 is 0. The minimum atomic E-state index is -0.549. The fraction of sp³-hybridized carbons (Fsp3) is 0.320. The quantitative estimate of drug-likeness (QED) is 0.519. The maximum absolute atomic E-state index is 13.6. The third-order valence-corrected chi connectivity index (χ3v) is 5.71. The molecular weight excluding hydrogens is 423 g/mol. The van der Waals surface area contributed by atoms with Crippen LogP contribution in [0.5, 0.6) is 5.75 Å². The molecule has 1 aliphatic heterocycles. The van der Waals surface area contributed by atoms with E-state index in [1.165, 1.54) is 12.1 Å². The van der Waals surface area contributed by atoms with Crippen molar-refractivity contribution in [2.45, 2.75) is 33.2 Å². The van der Waals surface area contributed by atoms with Gasteiger partial charge in [0, 0.05) is 17.8 Å². The van der Waals surface area contributed by atoms with E-state index in [0.717, 1.165) is 23.2 Å². The Morgan fingerprint density at radius 3 is 2.67 bits per heavy atom. The second-order valence-corrected chi connectivity index (χ2v) is 8.42. The van der Waals surface area contributed by atoms with E-state index >= 15 is 0 Å². The van der Waals surface area contributed by atoms with Gasteiger partial charge >= 0.3 is 6.03 Å². The number of hydrogen-bond donors (Lipinski definition) is 1. The molecule has 1 aromatic heterocycles. The Morgan fingerprint density at radius 2 is 1.97 bits per heavy atom. The van der Waals surface area contributed by atoms with Crippen LogP contribution in [0.3, 0.4) is 0 Å². The molecule has 2 heterocycles. The highest BCUT2D eigenvalue weighted by molar-refractivity contribution is 5.86. The zero-order valence-corrected chi connectivity index (χ0v) is 19.1. The van der Waals surface area contributed by atoms with E-state index in [9.17, 15) is 9.18 Å². The van der Waals surface area contributed by atoms with E-state index in [-0.39, 0.29) is 11.8 Å². The third-order valence-electron chi connectivity index (χ3n) is 5.71. The number of carbonyl (C=O) groups excluding carboxylic acids is 1. The first kappa shape index (κ1) is 22.5. The minimum absolute atomic E-state index is 0.209. The van der Waals surface area contributed by atoms with Crippen LogP contribution in [0, 0.1) is 11.7 Å². The van der Waals surface area contributed by atoms with Crippen molar-refractivity contribution in [3.05, 3.63) is 71.5 Å². The molecule has 0 aliphatic carbocycles. The molecule has 8 heteroatoms. The lowest BCUT2D eigenvalue weighted by molar-refractivity contribution is 0.202. The average Bonchev–Trinajstić information content (AvgIpc) is 3.28. The Kier molecular flexibility index (Phi) is 6.44. The monoisotopic (exact) mass is 450 g/mol. The fourth-order valence-electron chi connectivity index (χ4n) is 3.83. The molecule has 7 nitrogen and oxygen atoms in total. The van der Waals surface area contributed by atoms with Crippen LogP contribution in [-0.4, -0.2) is 34.7 Å². The molecule has 3 aromatic rings. The average molecular weight is 451 g/mol. The molecule has 33 heavy (non-hydrogen) atoms. The Morgan fingerprint density at radius 1 is 1.21 bits per heavy atom. The molecular formula is C25H27FN4O3. The number of benzene rings is 2. The van der Waals surface area contributed by atoms with Gasteiger partial charge in [-0.25, -0.2) is 9.18 Å². The number of nitrogens with one attached hydrogen (secondary N) is 1. The Hall–Kier alpha value is -3.68. The lowest BCUT2D eigenvalue weighted by Crippen LogP contribution is -2.46.